The molecule has 1 aliphatic carbocycles. The Hall–Kier alpha value is -1.06. The monoisotopic (exact) mass is 352 g/mol. The van der Waals surface area contributed by atoms with Crippen LogP contribution in [-0.2, 0) is 9.53 Å². The molecular weight excluding hydrogens is 324 g/mol. The van der Waals surface area contributed by atoms with E-state index in [2.05, 4.69) is 32.6 Å². The van der Waals surface area contributed by atoms with Gasteiger partial charge in [-0.25, -0.2) is 4.79 Å². The maximum atomic E-state index is 11.9. The zero-order valence-corrected chi connectivity index (χ0v) is 15.7. The second-order valence-electron chi connectivity index (χ2n) is 7.52. The molecule has 0 amide bonds. The predicted molar refractivity (Wildman–Crippen MR) is 98.0 cm³/mol. The first-order valence-electron chi connectivity index (χ1n) is 8.78. The first-order chi connectivity index (χ1) is 11.2. The highest BCUT2D eigenvalue weighted by atomic mass is 35.5. The molecule has 2 rings (SSSR count). The lowest BCUT2D eigenvalue weighted by molar-refractivity contribution is -0.141. The molecule has 2 aliphatic rings. The normalized spacial score (nSPS) is 36.3. The molecule has 0 saturated carbocycles. The van der Waals surface area contributed by atoms with Crippen LogP contribution in [0.4, 0.5) is 0 Å². The Bertz CT molecular complexity index is 559. The minimum absolute atomic E-state index is 0.0805. The van der Waals surface area contributed by atoms with Crippen molar-refractivity contribution in [2.75, 3.05) is 0 Å². The quantitative estimate of drug-likeness (QED) is 0.298. The lowest BCUT2D eigenvalue weighted by Gasteiger charge is -2.32. The van der Waals surface area contributed by atoms with E-state index in [0.29, 0.717) is 24.8 Å². The van der Waals surface area contributed by atoms with Crippen molar-refractivity contribution in [1.29, 1.82) is 0 Å². The number of alkyl halides is 1. The number of carbonyl (C=O) groups is 1. The van der Waals surface area contributed by atoms with Crippen LogP contribution in [0.5, 0.6) is 0 Å². The molecule has 4 heteroatoms. The number of hydrogen-bond acceptors (Lipinski definition) is 3. The average Bonchev–Trinajstić information content (AvgIpc) is 2.75. The molecule has 1 fully saturated rings. The van der Waals surface area contributed by atoms with E-state index in [0.717, 1.165) is 19.3 Å². The fourth-order valence-corrected chi connectivity index (χ4v) is 3.63. The summed E-state index contributed by atoms with van der Waals surface area (Å²) >= 11 is 6.48. The summed E-state index contributed by atoms with van der Waals surface area (Å²) in [7, 11) is 0. The second kappa shape index (κ2) is 7.88. The van der Waals surface area contributed by atoms with Gasteiger partial charge in [-0.05, 0) is 52.9 Å². The topological polar surface area (TPSA) is 46.5 Å². The van der Waals surface area contributed by atoms with Gasteiger partial charge in [0.15, 0.2) is 0 Å². The summed E-state index contributed by atoms with van der Waals surface area (Å²) in [6.45, 7) is 9.87. The van der Waals surface area contributed by atoms with Gasteiger partial charge in [0.25, 0.3) is 0 Å². The molecular formula is C20H29ClO3. The molecule has 0 spiro atoms. The van der Waals surface area contributed by atoms with Crippen LogP contribution in [0, 0.1) is 5.92 Å². The van der Waals surface area contributed by atoms with E-state index in [9.17, 15) is 9.90 Å². The smallest absolute Gasteiger partial charge is 0.334 e. The summed E-state index contributed by atoms with van der Waals surface area (Å²) in [5, 5.41) is 10.4. The van der Waals surface area contributed by atoms with Crippen LogP contribution in [0.25, 0.3) is 0 Å². The maximum absolute atomic E-state index is 11.9. The van der Waals surface area contributed by atoms with E-state index >= 15 is 0 Å². The molecule has 1 aliphatic heterocycles. The molecule has 1 saturated heterocycles. The molecule has 3 nitrogen and oxygen atoms in total. The third kappa shape index (κ3) is 4.73. The third-order valence-electron chi connectivity index (χ3n) is 5.25. The van der Waals surface area contributed by atoms with Crippen LogP contribution in [0.3, 0.4) is 0 Å². The van der Waals surface area contributed by atoms with Crippen LogP contribution in [0.2, 0.25) is 0 Å². The largest absolute Gasteiger partial charge is 0.458 e. The first-order valence-corrected chi connectivity index (χ1v) is 9.22. The highest BCUT2D eigenvalue weighted by molar-refractivity contribution is 6.21. The van der Waals surface area contributed by atoms with Crippen LogP contribution in [-0.4, -0.2) is 28.2 Å². The standard InChI is InChI=1S/C20H29ClO3/c1-13-6-5-7-14(2)9-11-18(21)20(4,23)12-17-16(10-8-13)15(3)19(22)24-17/h7-8,16-18,23H,3,5-6,9-12H2,1-2,4H3. The van der Waals surface area contributed by atoms with Gasteiger partial charge in [-0.2, -0.15) is 0 Å². The van der Waals surface area contributed by atoms with Gasteiger partial charge in [0.1, 0.15) is 6.10 Å². The minimum atomic E-state index is -1.08. The Balaban J connectivity index is 2.25. The minimum Gasteiger partial charge on any atom is -0.458 e. The van der Waals surface area contributed by atoms with Crippen molar-refractivity contribution >= 4 is 17.6 Å². The van der Waals surface area contributed by atoms with Crippen molar-refractivity contribution in [3.8, 4) is 0 Å². The number of ether oxygens (including phenoxy) is 1. The number of rotatable bonds is 0. The zero-order valence-electron chi connectivity index (χ0n) is 15.0. The Morgan fingerprint density at radius 1 is 1.29 bits per heavy atom. The van der Waals surface area contributed by atoms with Gasteiger partial charge < -0.3 is 9.84 Å². The Morgan fingerprint density at radius 2 is 1.96 bits per heavy atom. The number of allylic oxidation sites excluding steroid dienone is 4. The van der Waals surface area contributed by atoms with Crippen LogP contribution in [0.1, 0.15) is 59.3 Å². The number of aliphatic hydroxyl groups is 1. The summed E-state index contributed by atoms with van der Waals surface area (Å²) in [6, 6.07) is 0. The van der Waals surface area contributed by atoms with Crippen molar-refractivity contribution in [1.82, 2.24) is 0 Å². The summed E-state index contributed by atoms with van der Waals surface area (Å²) < 4.78 is 5.48. The molecule has 4 unspecified atom stereocenters. The molecule has 134 valence electrons. The number of carbonyl (C=O) groups excluding carboxylic acids is 1. The summed E-state index contributed by atoms with van der Waals surface area (Å²) in [5.41, 5.74) is 2.04. The summed E-state index contributed by atoms with van der Waals surface area (Å²) in [4.78, 5) is 11.9. The van der Waals surface area contributed by atoms with Crippen LogP contribution < -0.4 is 0 Å². The van der Waals surface area contributed by atoms with E-state index in [1.807, 2.05) is 0 Å². The third-order valence-corrected chi connectivity index (χ3v) is 5.94. The van der Waals surface area contributed by atoms with Gasteiger partial charge in [-0.3, -0.25) is 0 Å². The van der Waals surface area contributed by atoms with Gasteiger partial charge in [0, 0.05) is 17.9 Å². The number of halogens is 1. The van der Waals surface area contributed by atoms with Crippen LogP contribution >= 0.6 is 11.6 Å². The van der Waals surface area contributed by atoms with Gasteiger partial charge in [0.2, 0.25) is 0 Å². The predicted octanol–water partition coefficient (Wildman–Crippen LogP) is 4.69. The Labute approximate surface area is 150 Å². The van der Waals surface area contributed by atoms with Crippen molar-refractivity contribution in [3.63, 3.8) is 0 Å². The molecule has 24 heavy (non-hydrogen) atoms. The average molecular weight is 353 g/mol. The Morgan fingerprint density at radius 3 is 2.67 bits per heavy atom. The van der Waals surface area contributed by atoms with Crippen molar-refractivity contribution in [3.05, 3.63) is 35.5 Å². The van der Waals surface area contributed by atoms with E-state index < -0.39 is 5.60 Å². The van der Waals surface area contributed by atoms with E-state index in [4.69, 9.17) is 16.3 Å². The number of esters is 1. The first kappa shape index (κ1) is 19.3. The number of fused-ring (bicyclic) bond motifs is 1. The molecule has 1 heterocycles. The van der Waals surface area contributed by atoms with Gasteiger partial charge in [-0.1, -0.05) is 29.9 Å². The molecule has 0 bridgehead atoms. The highest BCUT2D eigenvalue weighted by Crippen LogP contribution is 2.37. The maximum Gasteiger partial charge on any atom is 0.334 e. The highest BCUT2D eigenvalue weighted by Gasteiger charge is 2.43. The summed E-state index contributed by atoms with van der Waals surface area (Å²) in [6.07, 6.45) is 8.72. The van der Waals surface area contributed by atoms with Crippen molar-refractivity contribution in [2.45, 2.75) is 76.4 Å². The molecule has 0 aromatic carbocycles. The van der Waals surface area contributed by atoms with Crippen molar-refractivity contribution < 1.29 is 14.6 Å². The lowest BCUT2D eigenvalue weighted by Crippen LogP contribution is -2.40. The van der Waals surface area contributed by atoms with Gasteiger partial charge in [-0.15, -0.1) is 11.6 Å². The summed E-state index contributed by atoms with van der Waals surface area (Å²) in [5.74, 6) is -0.428. The molecule has 0 aromatic rings. The van der Waals surface area contributed by atoms with Crippen molar-refractivity contribution in [2.24, 2.45) is 5.92 Å². The Kier molecular flexibility index (Phi) is 6.33. The number of hydrogen-bond donors (Lipinski definition) is 1. The molecule has 1 N–H and O–H groups in total. The molecule has 0 radical (unpaired) electrons. The second-order valence-corrected chi connectivity index (χ2v) is 8.05. The van der Waals surface area contributed by atoms with E-state index in [1.165, 1.54) is 11.1 Å². The fourth-order valence-electron chi connectivity index (χ4n) is 3.43. The van der Waals surface area contributed by atoms with E-state index in [-0.39, 0.29) is 23.4 Å². The lowest BCUT2D eigenvalue weighted by atomic mass is 9.83. The SMILES string of the molecule is C=C1C(=O)OC2CC(C)(O)C(Cl)CCC(C)=CCCC(C)=CCC12. The van der Waals surface area contributed by atoms with Gasteiger partial charge >= 0.3 is 5.97 Å². The molecule has 4 atom stereocenters. The fraction of sp³-hybridized carbons (Fsp3) is 0.650. The van der Waals surface area contributed by atoms with Crippen LogP contribution in [0.15, 0.2) is 35.5 Å². The zero-order chi connectivity index (χ0) is 17.9. The molecule has 0 aromatic heterocycles. The van der Waals surface area contributed by atoms with E-state index in [1.54, 1.807) is 6.92 Å². The van der Waals surface area contributed by atoms with Gasteiger partial charge in [0.05, 0.1) is 11.0 Å².